The van der Waals surface area contributed by atoms with Gasteiger partial charge >= 0.3 is 5.69 Å². The van der Waals surface area contributed by atoms with Crippen LogP contribution < -0.4 is 21.9 Å². The minimum Gasteiger partial charge on any atom is -0.383 e. The highest BCUT2D eigenvalue weighted by molar-refractivity contribution is 5.97. The van der Waals surface area contributed by atoms with E-state index in [0.717, 1.165) is 25.7 Å². The van der Waals surface area contributed by atoms with E-state index < -0.39 is 11.2 Å². The summed E-state index contributed by atoms with van der Waals surface area (Å²) in [5, 5.41) is 0. The van der Waals surface area contributed by atoms with E-state index in [9.17, 15) is 14.4 Å². The first-order valence-corrected chi connectivity index (χ1v) is 9.45. The molecule has 1 amide bonds. The van der Waals surface area contributed by atoms with Crippen molar-refractivity contribution in [2.45, 2.75) is 59.4 Å². The van der Waals surface area contributed by atoms with Crippen molar-refractivity contribution in [3.63, 3.8) is 0 Å². The number of carbonyl (C=O) groups excluding carboxylic acids is 1. The minimum absolute atomic E-state index is 0.0725. The van der Waals surface area contributed by atoms with E-state index in [4.69, 9.17) is 5.73 Å². The number of hydrogen-bond donors (Lipinski definition) is 2. The number of aromatic amines is 1. The molecule has 7 nitrogen and oxygen atoms in total. The van der Waals surface area contributed by atoms with E-state index in [1.165, 1.54) is 9.47 Å². The van der Waals surface area contributed by atoms with E-state index in [0.29, 0.717) is 19.5 Å². The summed E-state index contributed by atoms with van der Waals surface area (Å²) in [4.78, 5) is 41.7. The summed E-state index contributed by atoms with van der Waals surface area (Å²) in [6, 6.07) is 0. The Hall–Kier alpha value is -2.31. The van der Waals surface area contributed by atoms with Crippen molar-refractivity contribution in [2.24, 2.45) is 11.8 Å². The van der Waals surface area contributed by atoms with Gasteiger partial charge in [-0.1, -0.05) is 39.3 Å². The van der Waals surface area contributed by atoms with E-state index in [2.05, 4.69) is 11.1 Å². The summed E-state index contributed by atoms with van der Waals surface area (Å²) in [6.45, 7) is 6.76. The first-order chi connectivity index (χ1) is 12.4. The van der Waals surface area contributed by atoms with Gasteiger partial charge < -0.3 is 10.6 Å². The number of nitrogen functional groups attached to an aromatic ring is 1. The van der Waals surface area contributed by atoms with Gasteiger partial charge in [0.05, 0.1) is 0 Å². The van der Waals surface area contributed by atoms with Gasteiger partial charge in [-0.3, -0.25) is 19.1 Å². The van der Waals surface area contributed by atoms with Crippen LogP contribution in [0, 0.1) is 11.8 Å². The van der Waals surface area contributed by atoms with Gasteiger partial charge in [0.2, 0.25) is 5.91 Å². The van der Waals surface area contributed by atoms with Crippen LogP contribution in [0.2, 0.25) is 0 Å². The molecule has 0 radical (unpaired) electrons. The third-order valence-electron chi connectivity index (χ3n) is 4.65. The zero-order chi connectivity index (χ0) is 19.3. The molecule has 3 N–H and O–H groups in total. The van der Waals surface area contributed by atoms with Crippen LogP contribution >= 0.6 is 0 Å². The predicted molar refractivity (Wildman–Crippen MR) is 104 cm³/mol. The average Bonchev–Trinajstić information content (AvgIpc) is 2.61. The van der Waals surface area contributed by atoms with E-state index >= 15 is 0 Å². The first kappa shape index (κ1) is 20.0. The molecule has 0 saturated heterocycles. The van der Waals surface area contributed by atoms with E-state index in [1.54, 1.807) is 0 Å². The van der Waals surface area contributed by atoms with Crippen LogP contribution in [-0.2, 0) is 11.3 Å². The lowest BCUT2D eigenvalue weighted by molar-refractivity contribution is -0.122. The van der Waals surface area contributed by atoms with Crippen LogP contribution in [0.1, 0.15) is 52.9 Å². The largest absolute Gasteiger partial charge is 0.383 e. The Balaban J connectivity index is 2.50. The Morgan fingerprint density at radius 1 is 1.38 bits per heavy atom. The third-order valence-corrected chi connectivity index (χ3v) is 4.65. The normalized spacial score (nSPS) is 16.8. The van der Waals surface area contributed by atoms with Crippen LogP contribution in [0.5, 0.6) is 0 Å². The maximum absolute atomic E-state index is 13.1. The molecule has 1 aliphatic carbocycles. The summed E-state index contributed by atoms with van der Waals surface area (Å²) in [7, 11) is 0. The van der Waals surface area contributed by atoms with E-state index in [1.807, 2.05) is 26.8 Å². The molecule has 0 aromatic carbocycles. The van der Waals surface area contributed by atoms with Crippen molar-refractivity contribution in [1.29, 1.82) is 0 Å². The van der Waals surface area contributed by atoms with Crippen LogP contribution in [-0.4, -0.2) is 22.0 Å². The Morgan fingerprint density at radius 3 is 2.69 bits per heavy atom. The number of hydrogen-bond acceptors (Lipinski definition) is 4. The number of unbranched alkanes of at least 4 members (excludes halogenated alkanes) is 1. The molecule has 0 aliphatic heterocycles. The Labute approximate surface area is 153 Å². The molecule has 0 fully saturated rings. The molecule has 1 aromatic rings. The lowest BCUT2D eigenvalue weighted by atomic mass is 9.93. The number of carbonyl (C=O) groups is 1. The third kappa shape index (κ3) is 4.45. The second kappa shape index (κ2) is 8.87. The summed E-state index contributed by atoms with van der Waals surface area (Å²) >= 11 is 0. The van der Waals surface area contributed by atoms with Crippen LogP contribution in [0.3, 0.4) is 0 Å². The number of allylic oxidation sites excluding steroid dienone is 2. The summed E-state index contributed by atoms with van der Waals surface area (Å²) in [5.74, 6) is 0.0103. The molecule has 1 aliphatic rings. The van der Waals surface area contributed by atoms with Gasteiger partial charge in [0.15, 0.2) is 5.69 Å². The van der Waals surface area contributed by atoms with Crippen molar-refractivity contribution < 1.29 is 4.79 Å². The molecule has 1 heterocycles. The van der Waals surface area contributed by atoms with E-state index in [-0.39, 0.29) is 29.2 Å². The average molecular weight is 362 g/mol. The quantitative estimate of drug-likeness (QED) is 0.727. The van der Waals surface area contributed by atoms with Crippen molar-refractivity contribution >= 4 is 17.4 Å². The summed E-state index contributed by atoms with van der Waals surface area (Å²) in [6.07, 6.45) is 8.03. The highest BCUT2D eigenvalue weighted by Gasteiger charge is 2.29. The zero-order valence-electron chi connectivity index (χ0n) is 16.0. The van der Waals surface area contributed by atoms with Gasteiger partial charge in [-0.2, -0.15) is 0 Å². The molecule has 7 heteroatoms. The van der Waals surface area contributed by atoms with Gasteiger partial charge in [0, 0.05) is 19.0 Å². The summed E-state index contributed by atoms with van der Waals surface area (Å²) < 4.78 is 1.36. The molecule has 1 atom stereocenters. The molecule has 0 bridgehead atoms. The molecule has 0 spiro atoms. The van der Waals surface area contributed by atoms with Gasteiger partial charge in [0.1, 0.15) is 5.82 Å². The lowest BCUT2D eigenvalue weighted by Crippen LogP contribution is -2.44. The fourth-order valence-corrected chi connectivity index (χ4v) is 3.27. The van der Waals surface area contributed by atoms with Gasteiger partial charge in [-0.05, 0) is 31.6 Å². The molecular formula is C19H30N4O3. The number of aromatic nitrogens is 2. The highest BCUT2D eigenvalue weighted by atomic mass is 16.2. The monoisotopic (exact) mass is 362 g/mol. The second-order valence-corrected chi connectivity index (χ2v) is 7.32. The maximum Gasteiger partial charge on any atom is 0.330 e. The Morgan fingerprint density at radius 2 is 2.12 bits per heavy atom. The first-order valence-electron chi connectivity index (χ1n) is 9.45. The van der Waals surface area contributed by atoms with Crippen molar-refractivity contribution in [3.8, 4) is 0 Å². The van der Waals surface area contributed by atoms with Crippen molar-refractivity contribution in [3.05, 3.63) is 33.0 Å². The molecule has 1 aromatic heterocycles. The van der Waals surface area contributed by atoms with Crippen LogP contribution in [0.25, 0.3) is 0 Å². The fourth-order valence-electron chi connectivity index (χ4n) is 3.27. The molecule has 1 unspecified atom stereocenters. The van der Waals surface area contributed by atoms with Crippen molar-refractivity contribution in [1.82, 2.24) is 9.55 Å². The number of nitrogens with two attached hydrogens (primary N) is 1. The number of nitrogens with one attached hydrogen (secondary N) is 1. The smallest absolute Gasteiger partial charge is 0.330 e. The Bertz CT molecular complexity index is 776. The highest BCUT2D eigenvalue weighted by Crippen LogP contribution is 2.25. The molecule has 144 valence electrons. The van der Waals surface area contributed by atoms with Crippen LogP contribution in [0.15, 0.2) is 21.7 Å². The fraction of sp³-hybridized carbons (Fsp3) is 0.632. The lowest BCUT2D eigenvalue weighted by Gasteiger charge is -2.29. The number of amides is 1. The predicted octanol–water partition coefficient (Wildman–Crippen LogP) is 2.26. The zero-order valence-corrected chi connectivity index (χ0v) is 16.0. The Kier molecular flexibility index (Phi) is 6.83. The van der Waals surface area contributed by atoms with Gasteiger partial charge in [-0.25, -0.2) is 4.79 Å². The number of anilines is 2. The minimum atomic E-state index is -0.594. The molecular weight excluding hydrogens is 332 g/mol. The molecule has 26 heavy (non-hydrogen) atoms. The maximum atomic E-state index is 13.1. The number of H-pyrrole nitrogens is 1. The molecule has 0 saturated carbocycles. The SMILES string of the molecule is CCCCN(C(=O)C1CC=CCC1)c1c(N)n(CC(C)C)c(=O)[nH]c1=O. The van der Waals surface area contributed by atoms with Crippen LogP contribution in [0.4, 0.5) is 11.5 Å². The molecule has 2 rings (SSSR count). The summed E-state index contributed by atoms with van der Waals surface area (Å²) in [5.41, 5.74) is 5.19. The van der Waals surface area contributed by atoms with Gasteiger partial charge in [0.25, 0.3) is 5.56 Å². The standard InChI is InChI=1S/C19H30N4O3/c1-4-5-11-22(18(25)14-9-7-6-8-10-14)15-16(20)23(12-13(2)3)19(26)21-17(15)24/h6-7,13-14H,4-5,8-12,20H2,1-3H3,(H,21,24,26). The van der Waals surface area contributed by atoms with Crippen molar-refractivity contribution in [2.75, 3.05) is 17.2 Å². The number of nitrogens with zero attached hydrogens (tertiary/aromatic N) is 2. The second-order valence-electron chi connectivity index (χ2n) is 7.32. The van der Waals surface area contributed by atoms with Gasteiger partial charge in [-0.15, -0.1) is 0 Å². The number of rotatable bonds is 7. The topological polar surface area (TPSA) is 101 Å².